The van der Waals surface area contributed by atoms with Gasteiger partial charge in [0, 0.05) is 45.1 Å². The van der Waals surface area contributed by atoms with Crippen LogP contribution in [0.1, 0.15) is 72.4 Å². The van der Waals surface area contributed by atoms with Gasteiger partial charge >= 0.3 is 12.1 Å². The summed E-state index contributed by atoms with van der Waals surface area (Å²) in [5.41, 5.74) is 0.277. The second-order valence-corrected chi connectivity index (χ2v) is 11.6. The fourth-order valence-electron chi connectivity index (χ4n) is 5.00. The first-order valence-electron chi connectivity index (χ1n) is 11.3. The summed E-state index contributed by atoms with van der Waals surface area (Å²) in [5.74, 6) is -0.599. The summed E-state index contributed by atoms with van der Waals surface area (Å²) in [5, 5.41) is 0. The molecule has 32 heavy (non-hydrogen) atoms. The summed E-state index contributed by atoms with van der Waals surface area (Å²) >= 11 is 0. The molecule has 0 radical (unpaired) electrons. The van der Waals surface area contributed by atoms with Crippen LogP contribution in [0, 0.1) is 11.2 Å². The van der Waals surface area contributed by atoms with Crippen molar-refractivity contribution in [2.45, 2.75) is 85.1 Å². The molecule has 2 unspecified atom stereocenters. The highest BCUT2D eigenvalue weighted by Crippen LogP contribution is 2.45. The Balaban J connectivity index is 1.68. The average molecular weight is 449 g/mol. The number of rotatable bonds is 4. The molecule has 2 heterocycles. The van der Waals surface area contributed by atoms with Crippen molar-refractivity contribution in [2.75, 3.05) is 19.6 Å². The van der Waals surface area contributed by atoms with E-state index in [1.165, 1.54) is 6.92 Å². The van der Waals surface area contributed by atoms with Crippen molar-refractivity contribution >= 4 is 12.1 Å². The van der Waals surface area contributed by atoms with E-state index in [4.69, 9.17) is 9.47 Å². The van der Waals surface area contributed by atoms with Crippen molar-refractivity contribution in [1.82, 2.24) is 9.80 Å². The molecule has 1 aromatic carbocycles. The topological polar surface area (TPSA) is 59.1 Å². The molecule has 2 saturated heterocycles. The van der Waals surface area contributed by atoms with Gasteiger partial charge in [0.1, 0.15) is 17.0 Å². The van der Waals surface area contributed by atoms with Crippen LogP contribution in [0.3, 0.4) is 0 Å². The van der Waals surface area contributed by atoms with Gasteiger partial charge in [-0.15, -0.1) is 0 Å². The summed E-state index contributed by atoms with van der Waals surface area (Å²) in [7, 11) is 0. The summed E-state index contributed by atoms with van der Waals surface area (Å²) in [6, 6.07) is 5.26. The number of nitrogens with zero attached hydrogens (tertiary/aromatic N) is 2. The van der Waals surface area contributed by atoms with Crippen molar-refractivity contribution in [3.8, 4) is 0 Å². The highest BCUT2D eigenvalue weighted by molar-refractivity contribution is 5.70. The average Bonchev–Trinajstić information content (AvgIpc) is 2.50. The first kappa shape index (κ1) is 24.5. The maximum Gasteiger partial charge on any atom is 0.410 e. The minimum atomic E-state index is -0.570. The second-order valence-electron chi connectivity index (χ2n) is 11.6. The van der Waals surface area contributed by atoms with Gasteiger partial charge in [0.15, 0.2) is 0 Å². The minimum Gasteiger partial charge on any atom is -0.457 e. The summed E-state index contributed by atoms with van der Waals surface area (Å²) in [6.45, 7) is 17.4. The van der Waals surface area contributed by atoms with Crippen molar-refractivity contribution in [3.05, 3.63) is 35.1 Å². The molecule has 178 valence electrons. The Morgan fingerprint density at radius 2 is 1.78 bits per heavy atom. The van der Waals surface area contributed by atoms with Gasteiger partial charge in [-0.25, -0.2) is 9.18 Å². The molecule has 0 saturated carbocycles. The first-order chi connectivity index (χ1) is 14.6. The van der Waals surface area contributed by atoms with Gasteiger partial charge in [0.2, 0.25) is 0 Å². The number of hydrogen-bond acceptors (Lipinski definition) is 5. The van der Waals surface area contributed by atoms with E-state index in [-0.39, 0.29) is 35.3 Å². The largest absolute Gasteiger partial charge is 0.457 e. The quantitative estimate of drug-likeness (QED) is 0.624. The maximum atomic E-state index is 15.2. The Labute approximate surface area is 191 Å². The molecule has 0 bridgehead atoms. The Morgan fingerprint density at radius 1 is 1.16 bits per heavy atom. The molecule has 6 nitrogen and oxygen atoms in total. The number of esters is 1. The van der Waals surface area contributed by atoms with Crippen LogP contribution >= 0.6 is 0 Å². The molecule has 0 aliphatic carbocycles. The second kappa shape index (κ2) is 8.32. The predicted molar refractivity (Wildman–Crippen MR) is 121 cm³/mol. The van der Waals surface area contributed by atoms with E-state index in [1.807, 2.05) is 39.8 Å². The molecule has 0 aromatic heterocycles. The van der Waals surface area contributed by atoms with E-state index < -0.39 is 11.2 Å². The minimum absolute atomic E-state index is 0.0761. The normalized spacial score (nSPS) is 23.2. The number of ether oxygens (including phenoxy) is 2. The van der Waals surface area contributed by atoms with Gasteiger partial charge in [0.05, 0.1) is 0 Å². The van der Waals surface area contributed by atoms with E-state index in [0.29, 0.717) is 31.7 Å². The molecule has 1 aromatic rings. The molecule has 3 rings (SSSR count). The van der Waals surface area contributed by atoms with E-state index in [0.717, 1.165) is 5.56 Å². The molecular formula is C25H37FN2O4. The summed E-state index contributed by atoms with van der Waals surface area (Å²) < 4.78 is 26.1. The van der Waals surface area contributed by atoms with Crippen molar-refractivity contribution in [2.24, 2.45) is 5.41 Å². The smallest absolute Gasteiger partial charge is 0.410 e. The molecule has 0 N–H and O–H groups in total. The van der Waals surface area contributed by atoms with Crippen molar-refractivity contribution in [3.63, 3.8) is 0 Å². The number of carbonyl (C=O) groups excluding carboxylic acids is 2. The van der Waals surface area contributed by atoms with Crippen LogP contribution in [0.25, 0.3) is 0 Å². The summed E-state index contributed by atoms with van der Waals surface area (Å²) in [6.07, 6.45) is -0.348. The molecule has 7 heteroatoms. The predicted octanol–water partition coefficient (Wildman–Crippen LogP) is 4.71. The number of hydrogen-bond donors (Lipinski definition) is 0. The van der Waals surface area contributed by atoms with Crippen molar-refractivity contribution in [1.29, 1.82) is 0 Å². The highest BCUT2D eigenvalue weighted by atomic mass is 19.1. The lowest BCUT2D eigenvalue weighted by Gasteiger charge is -2.54. The highest BCUT2D eigenvalue weighted by Gasteiger charge is 2.50. The number of amides is 1. The summed E-state index contributed by atoms with van der Waals surface area (Å²) in [4.78, 5) is 27.7. The van der Waals surface area contributed by atoms with Crippen LogP contribution in [0.2, 0.25) is 0 Å². The van der Waals surface area contributed by atoms with Crippen molar-refractivity contribution < 1.29 is 23.5 Å². The Morgan fingerprint density at radius 3 is 2.28 bits per heavy atom. The van der Waals surface area contributed by atoms with Crippen LogP contribution in [0.5, 0.6) is 0 Å². The van der Waals surface area contributed by atoms with Gasteiger partial charge in [-0.3, -0.25) is 9.69 Å². The van der Waals surface area contributed by atoms with E-state index >= 15 is 4.39 Å². The molecule has 2 atom stereocenters. The van der Waals surface area contributed by atoms with Gasteiger partial charge in [-0.1, -0.05) is 32.9 Å². The lowest BCUT2D eigenvalue weighted by molar-refractivity contribution is -0.174. The van der Waals surface area contributed by atoms with Gasteiger partial charge in [-0.2, -0.15) is 0 Å². The van der Waals surface area contributed by atoms with Gasteiger partial charge in [-0.05, 0) is 50.3 Å². The fourth-order valence-corrected chi connectivity index (χ4v) is 5.00. The Kier molecular flexibility index (Phi) is 6.37. The third-order valence-electron chi connectivity index (χ3n) is 6.00. The van der Waals surface area contributed by atoms with E-state index in [9.17, 15) is 9.59 Å². The Bertz CT molecular complexity index is 881. The van der Waals surface area contributed by atoms with Gasteiger partial charge < -0.3 is 14.4 Å². The third-order valence-corrected chi connectivity index (χ3v) is 6.00. The lowest BCUT2D eigenvalue weighted by Crippen LogP contribution is -2.63. The van der Waals surface area contributed by atoms with Crippen LogP contribution in [0.15, 0.2) is 18.2 Å². The number of halogens is 1. The Hall–Kier alpha value is -2.15. The molecular weight excluding hydrogens is 411 g/mol. The third kappa shape index (κ3) is 5.42. The number of carbonyl (C=O) groups is 2. The first-order valence-corrected chi connectivity index (χ1v) is 11.3. The molecule has 1 amide bonds. The SMILES string of the molecule is CC(=O)OC1(C)CN(Cc2ccc(C3CN(C(=O)OC(C)(C)C)C3C(C)(C)C)c(F)c2)C1. The van der Waals surface area contributed by atoms with Crippen LogP contribution in [0.4, 0.5) is 9.18 Å². The molecule has 0 spiro atoms. The molecule has 2 aliphatic heterocycles. The molecule has 2 fully saturated rings. The fraction of sp³-hybridized carbons (Fsp3) is 0.680. The maximum absolute atomic E-state index is 15.2. The van der Waals surface area contributed by atoms with E-state index in [1.54, 1.807) is 11.0 Å². The zero-order valence-electron chi connectivity index (χ0n) is 20.6. The lowest BCUT2D eigenvalue weighted by atomic mass is 9.69. The van der Waals surface area contributed by atoms with E-state index in [2.05, 4.69) is 25.7 Å². The van der Waals surface area contributed by atoms with Gasteiger partial charge in [0.25, 0.3) is 0 Å². The standard InChI is InChI=1S/C25H37FN2O4/c1-16(29)31-25(8)14-27(15-25)12-17-9-10-18(20(26)11-17)19-13-28(21(19)23(2,3)4)22(30)32-24(5,6)7/h9-11,19,21H,12-15H2,1-8H3. The van der Waals surface area contributed by atoms with Crippen LogP contribution in [-0.4, -0.2) is 58.7 Å². The monoisotopic (exact) mass is 448 g/mol. The zero-order valence-corrected chi connectivity index (χ0v) is 20.6. The number of likely N-dealkylation sites (tertiary alicyclic amines) is 2. The molecule has 2 aliphatic rings. The van der Waals surface area contributed by atoms with Crippen LogP contribution < -0.4 is 0 Å². The number of benzene rings is 1. The van der Waals surface area contributed by atoms with Crippen LogP contribution in [-0.2, 0) is 20.8 Å². The zero-order chi connectivity index (χ0) is 24.1.